The second kappa shape index (κ2) is 9.35. The fourth-order valence-electron chi connectivity index (χ4n) is 3.09. The third-order valence-corrected chi connectivity index (χ3v) is 5.15. The van der Waals surface area contributed by atoms with Crippen molar-refractivity contribution in [1.29, 1.82) is 0 Å². The average Bonchev–Trinajstić information content (AvgIpc) is 3.26. The molecule has 3 aromatic rings. The Bertz CT molecular complexity index is 1030. The number of rotatable bonds is 8. The second-order valence-corrected chi connectivity index (χ2v) is 7.21. The lowest BCUT2D eigenvalue weighted by molar-refractivity contribution is 0.0930. The van der Waals surface area contributed by atoms with Gasteiger partial charge in [-0.25, -0.2) is 13.1 Å². The van der Waals surface area contributed by atoms with Gasteiger partial charge in [0.1, 0.15) is 5.75 Å². The normalized spacial score (nSPS) is 13.1. The van der Waals surface area contributed by atoms with Crippen LogP contribution in [-0.4, -0.2) is 37.7 Å². The van der Waals surface area contributed by atoms with Crippen LogP contribution in [0.3, 0.4) is 0 Å². The monoisotopic (exact) mass is 414 g/mol. The first-order chi connectivity index (χ1) is 14.0. The first kappa shape index (κ1) is 20.6. The molecule has 0 aliphatic rings. The van der Waals surface area contributed by atoms with Crippen molar-refractivity contribution in [2.75, 3.05) is 7.11 Å². The molecule has 29 heavy (non-hydrogen) atoms. The van der Waals surface area contributed by atoms with Gasteiger partial charge in [0, 0.05) is 28.9 Å². The van der Waals surface area contributed by atoms with Gasteiger partial charge in [0.2, 0.25) is 10.9 Å². The minimum atomic E-state index is -2.81. The number of nitrogens with zero attached hydrogens (tertiary/aromatic N) is 1. The predicted octanol–water partition coefficient (Wildman–Crippen LogP) is 2.06. The first-order valence-corrected chi connectivity index (χ1v) is 10.1. The van der Waals surface area contributed by atoms with Crippen molar-refractivity contribution in [2.24, 2.45) is 0 Å². The number of benzene rings is 2. The third kappa shape index (κ3) is 5.01. The second-order valence-electron chi connectivity index (χ2n) is 6.44. The molecule has 1 amide bonds. The Morgan fingerprint density at radius 3 is 2.55 bits per heavy atom. The van der Waals surface area contributed by atoms with Gasteiger partial charge in [-0.3, -0.25) is 9.89 Å². The summed E-state index contributed by atoms with van der Waals surface area (Å²) in [6, 6.07) is 13.2. The van der Waals surface area contributed by atoms with Crippen LogP contribution < -0.4 is 14.8 Å². The molecule has 2 atom stereocenters. The number of hydrogen-bond donors (Lipinski definition) is 4. The lowest BCUT2D eigenvalue weighted by Crippen LogP contribution is -2.41. The summed E-state index contributed by atoms with van der Waals surface area (Å²) < 4.78 is 30.1. The summed E-state index contributed by atoms with van der Waals surface area (Å²) >= 11 is 0. The average molecular weight is 414 g/mol. The van der Waals surface area contributed by atoms with Gasteiger partial charge in [0.25, 0.3) is 5.91 Å². The molecule has 0 fully saturated rings. The molecular formula is C20H22N4O4S. The largest absolute Gasteiger partial charge is 0.496 e. The lowest BCUT2D eigenvalue weighted by atomic mass is 10.00. The number of hydrogen-bond acceptors (Lipinski definition) is 5. The van der Waals surface area contributed by atoms with Gasteiger partial charge >= 0.3 is 0 Å². The van der Waals surface area contributed by atoms with Gasteiger partial charge in [0.05, 0.1) is 19.3 Å². The molecule has 0 bridgehead atoms. The molecule has 1 heterocycles. The van der Waals surface area contributed by atoms with Crippen molar-refractivity contribution in [3.63, 3.8) is 0 Å². The maximum Gasteiger partial charge on any atom is 0.251 e. The highest BCUT2D eigenvalue weighted by Gasteiger charge is 2.23. The van der Waals surface area contributed by atoms with Crippen molar-refractivity contribution >= 4 is 16.8 Å². The summed E-state index contributed by atoms with van der Waals surface area (Å²) in [5.74, 6) is 0.190. The van der Waals surface area contributed by atoms with Gasteiger partial charge in [-0.1, -0.05) is 30.3 Å². The molecule has 0 aliphatic heterocycles. The van der Waals surface area contributed by atoms with E-state index in [1.165, 1.54) is 7.11 Å². The van der Waals surface area contributed by atoms with Crippen LogP contribution in [0.5, 0.6) is 5.75 Å². The van der Waals surface area contributed by atoms with Crippen LogP contribution in [0.25, 0.3) is 11.1 Å². The van der Waals surface area contributed by atoms with Crippen LogP contribution in [0.4, 0.5) is 0 Å². The molecule has 1 unspecified atom stereocenters. The SMILES string of the molecule is COc1cc(C(=O)N[C@@H](c2ccccc2)C(C)N[SH](=O)=O)ccc1-c1cn[nH]c1. The van der Waals surface area contributed by atoms with E-state index >= 15 is 0 Å². The minimum absolute atomic E-state index is 0.342. The summed E-state index contributed by atoms with van der Waals surface area (Å²) in [4.78, 5) is 12.9. The molecule has 152 valence electrons. The number of thiol groups is 1. The van der Waals surface area contributed by atoms with Gasteiger partial charge in [0.15, 0.2) is 0 Å². The Balaban J connectivity index is 1.87. The summed E-state index contributed by atoms with van der Waals surface area (Å²) in [5.41, 5.74) is 2.83. The molecule has 1 aromatic heterocycles. The van der Waals surface area contributed by atoms with Crippen molar-refractivity contribution in [3.05, 3.63) is 72.1 Å². The van der Waals surface area contributed by atoms with E-state index in [2.05, 4.69) is 20.2 Å². The quantitative estimate of drug-likeness (QED) is 0.422. The number of carbonyl (C=O) groups is 1. The molecule has 0 aliphatic carbocycles. The minimum Gasteiger partial charge on any atom is -0.496 e. The van der Waals surface area contributed by atoms with Gasteiger partial charge in [-0.15, -0.1) is 0 Å². The maximum absolute atomic E-state index is 12.9. The third-order valence-electron chi connectivity index (χ3n) is 4.53. The van der Waals surface area contributed by atoms with E-state index in [4.69, 9.17) is 4.74 Å². The highest BCUT2D eigenvalue weighted by Crippen LogP contribution is 2.30. The van der Waals surface area contributed by atoms with Gasteiger partial charge in [-0.05, 0) is 30.7 Å². The van der Waals surface area contributed by atoms with Crippen LogP contribution in [0.1, 0.15) is 28.9 Å². The van der Waals surface area contributed by atoms with Crippen molar-refractivity contribution in [1.82, 2.24) is 20.2 Å². The van der Waals surface area contributed by atoms with E-state index < -0.39 is 23.0 Å². The Morgan fingerprint density at radius 1 is 1.17 bits per heavy atom. The summed E-state index contributed by atoms with van der Waals surface area (Å²) in [6.45, 7) is 1.70. The highest BCUT2D eigenvalue weighted by molar-refractivity contribution is 7.70. The van der Waals surface area contributed by atoms with Crippen LogP contribution >= 0.6 is 0 Å². The predicted molar refractivity (Wildman–Crippen MR) is 110 cm³/mol. The number of methoxy groups -OCH3 is 1. The summed E-state index contributed by atoms with van der Waals surface area (Å²) in [7, 11) is -1.27. The fourth-order valence-corrected chi connectivity index (χ4v) is 3.57. The van der Waals surface area contributed by atoms with Crippen LogP contribution in [-0.2, 0) is 10.9 Å². The summed E-state index contributed by atoms with van der Waals surface area (Å²) in [6.07, 6.45) is 3.40. The summed E-state index contributed by atoms with van der Waals surface area (Å²) in [5, 5.41) is 9.60. The molecule has 8 nitrogen and oxygen atoms in total. The molecule has 0 saturated heterocycles. The topological polar surface area (TPSA) is 113 Å². The number of H-pyrrole nitrogens is 1. The Labute approximate surface area is 170 Å². The molecule has 0 spiro atoms. The number of nitrogens with one attached hydrogen (secondary N) is 3. The van der Waals surface area contributed by atoms with Crippen LogP contribution in [0.15, 0.2) is 60.9 Å². The number of aromatic nitrogens is 2. The fraction of sp³-hybridized carbons (Fsp3) is 0.200. The lowest BCUT2D eigenvalue weighted by Gasteiger charge is -2.25. The van der Waals surface area contributed by atoms with E-state index in [1.807, 2.05) is 30.3 Å². The number of carbonyl (C=O) groups excluding carboxylic acids is 1. The molecule has 3 N–H and O–H groups in total. The van der Waals surface area contributed by atoms with Crippen molar-refractivity contribution < 1.29 is 17.9 Å². The van der Waals surface area contributed by atoms with Crippen molar-refractivity contribution in [2.45, 2.75) is 19.0 Å². The Hall–Kier alpha value is -3.17. The molecule has 2 aromatic carbocycles. The maximum atomic E-state index is 12.9. The van der Waals surface area contributed by atoms with Crippen LogP contribution in [0.2, 0.25) is 0 Å². The van der Waals surface area contributed by atoms with E-state index in [0.717, 1.165) is 16.7 Å². The first-order valence-electron chi connectivity index (χ1n) is 8.93. The number of aromatic amines is 1. The smallest absolute Gasteiger partial charge is 0.251 e. The highest BCUT2D eigenvalue weighted by atomic mass is 32.2. The molecule has 0 radical (unpaired) electrons. The van der Waals surface area contributed by atoms with E-state index in [-0.39, 0.29) is 5.91 Å². The van der Waals surface area contributed by atoms with E-state index in [0.29, 0.717) is 11.3 Å². The van der Waals surface area contributed by atoms with E-state index in [9.17, 15) is 13.2 Å². The van der Waals surface area contributed by atoms with Gasteiger partial charge in [-0.2, -0.15) is 5.10 Å². The number of amides is 1. The van der Waals surface area contributed by atoms with Crippen LogP contribution in [0, 0.1) is 0 Å². The molecule has 9 heteroatoms. The van der Waals surface area contributed by atoms with Crippen molar-refractivity contribution in [3.8, 4) is 16.9 Å². The number of ether oxygens (including phenoxy) is 1. The zero-order valence-electron chi connectivity index (χ0n) is 16.0. The molecule has 0 saturated carbocycles. The van der Waals surface area contributed by atoms with Gasteiger partial charge < -0.3 is 10.1 Å². The molecule has 3 rings (SSSR count). The Morgan fingerprint density at radius 2 is 1.93 bits per heavy atom. The zero-order chi connectivity index (χ0) is 20.8. The molecular weight excluding hydrogens is 392 g/mol. The Kier molecular flexibility index (Phi) is 6.63. The standard InChI is InChI=1S/C20H22N4O4S/c1-13(24-29(26)27)19(14-6-4-3-5-7-14)23-20(25)15-8-9-17(18(10-15)28-2)16-11-21-22-12-16/h3-13,19,29H,1-2H3,(H,21,22)(H,23,25)(H,24,26,27)/t13?,19-/m1/s1. The van der Waals surface area contributed by atoms with E-state index in [1.54, 1.807) is 37.5 Å². The zero-order valence-corrected chi connectivity index (χ0v) is 16.9.